The third kappa shape index (κ3) is 6.59. The van der Waals surface area contributed by atoms with Crippen molar-refractivity contribution in [2.75, 3.05) is 33.9 Å². The predicted molar refractivity (Wildman–Crippen MR) is 134 cm³/mol. The minimum absolute atomic E-state index is 0.194. The molecule has 0 spiro atoms. The molecular formula is C27H37N3O4. The van der Waals surface area contributed by atoms with E-state index < -0.39 is 6.10 Å². The molecule has 1 heterocycles. The average Bonchev–Trinajstić information content (AvgIpc) is 3.18. The van der Waals surface area contributed by atoms with Crippen LogP contribution in [0.1, 0.15) is 44.4 Å². The number of aliphatic hydroxyl groups excluding tert-OH is 1. The lowest BCUT2D eigenvalue weighted by Crippen LogP contribution is -2.35. The first kappa shape index (κ1) is 25.7. The summed E-state index contributed by atoms with van der Waals surface area (Å²) in [6.07, 6.45) is 0.409. The van der Waals surface area contributed by atoms with Crippen molar-refractivity contribution in [2.45, 2.75) is 45.8 Å². The lowest BCUT2D eigenvalue weighted by Gasteiger charge is -2.25. The number of methoxy groups -OCH3 is 2. The molecule has 2 aromatic carbocycles. The van der Waals surface area contributed by atoms with E-state index in [4.69, 9.17) is 19.3 Å². The second kappa shape index (κ2) is 12.6. The highest BCUT2D eigenvalue weighted by Gasteiger charge is 2.25. The van der Waals surface area contributed by atoms with Crippen LogP contribution < -0.4 is 9.47 Å². The van der Waals surface area contributed by atoms with Crippen molar-refractivity contribution in [1.82, 2.24) is 14.7 Å². The van der Waals surface area contributed by atoms with Crippen LogP contribution in [0.25, 0.3) is 5.69 Å². The Bertz CT molecular complexity index is 1000. The minimum atomic E-state index is -0.561. The molecule has 3 aromatic rings. The summed E-state index contributed by atoms with van der Waals surface area (Å²) in [5.41, 5.74) is 2.89. The zero-order chi connectivity index (χ0) is 24.5. The number of nitrogens with zero attached hydrogens (tertiary/aromatic N) is 3. The first-order valence-electron chi connectivity index (χ1n) is 11.8. The van der Waals surface area contributed by atoms with Gasteiger partial charge in [-0.05, 0) is 55.3 Å². The van der Waals surface area contributed by atoms with Crippen molar-refractivity contribution < 1.29 is 19.3 Å². The van der Waals surface area contributed by atoms with Gasteiger partial charge in [0.1, 0.15) is 11.5 Å². The van der Waals surface area contributed by atoms with E-state index in [1.54, 1.807) is 14.2 Å². The molecule has 0 aliphatic rings. The largest absolute Gasteiger partial charge is 0.497 e. The van der Waals surface area contributed by atoms with Crippen LogP contribution >= 0.6 is 0 Å². The van der Waals surface area contributed by atoms with E-state index in [1.807, 2.05) is 59.3 Å². The fourth-order valence-corrected chi connectivity index (χ4v) is 3.98. The Hall–Kier alpha value is -2.87. The molecule has 7 heteroatoms. The lowest BCUT2D eigenvalue weighted by molar-refractivity contribution is 0.0356. The van der Waals surface area contributed by atoms with Crippen LogP contribution in [-0.4, -0.2) is 59.8 Å². The molecule has 34 heavy (non-hydrogen) atoms. The van der Waals surface area contributed by atoms with E-state index in [-0.39, 0.29) is 5.92 Å². The Morgan fingerprint density at radius 2 is 1.71 bits per heavy atom. The third-order valence-corrected chi connectivity index (χ3v) is 5.54. The highest BCUT2D eigenvalue weighted by Crippen LogP contribution is 2.35. The second-order valence-corrected chi connectivity index (χ2v) is 8.69. The molecule has 1 N–H and O–H groups in total. The fourth-order valence-electron chi connectivity index (χ4n) is 3.98. The monoisotopic (exact) mass is 467 g/mol. The molecule has 1 atom stereocenters. The molecule has 0 fully saturated rings. The van der Waals surface area contributed by atoms with Gasteiger partial charge in [-0.1, -0.05) is 39.0 Å². The molecule has 0 aliphatic heterocycles. The summed E-state index contributed by atoms with van der Waals surface area (Å²) in [4.78, 5) is 2.24. The zero-order valence-electron chi connectivity index (χ0n) is 20.9. The molecule has 0 saturated heterocycles. The number of para-hydroxylation sites is 1. The van der Waals surface area contributed by atoms with Crippen molar-refractivity contribution in [2.24, 2.45) is 0 Å². The maximum absolute atomic E-state index is 10.4. The number of ether oxygens (including phenoxy) is 3. The van der Waals surface area contributed by atoms with E-state index in [2.05, 4.69) is 25.7 Å². The molecular weight excluding hydrogens is 430 g/mol. The molecule has 3 rings (SSSR count). The van der Waals surface area contributed by atoms with Crippen molar-refractivity contribution in [1.29, 1.82) is 0 Å². The van der Waals surface area contributed by atoms with Gasteiger partial charge in [0.2, 0.25) is 5.88 Å². The van der Waals surface area contributed by atoms with Crippen molar-refractivity contribution >= 4 is 0 Å². The van der Waals surface area contributed by atoms with Gasteiger partial charge in [0.05, 0.1) is 36.8 Å². The van der Waals surface area contributed by atoms with Gasteiger partial charge in [-0.15, -0.1) is 0 Å². The van der Waals surface area contributed by atoms with Gasteiger partial charge in [-0.3, -0.25) is 4.90 Å². The summed E-state index contributed by atoms with van der Waals surface area (Å²) >= 11 is 0. The van der Waals surface area contributed by atoms with Gasteiger partial charge in [0, 0.05) is 20.2 Å². The Balaban J connectivity index is 2.08. The molecule has 1 aromatic heterocycles. The number of aliphatic hydroxyl groups is 1. The number of hydrogen-bond acceptors (Lipinski definition) is 6. The summed E-state index contributed by atoms with van der Waals surface area (Å²) < 4.78 is 18.8. The van der Waals surface area contributed by atoms with E-state index in [1.165, 1.54) is 0 Å². The highest BCUT2D eigenvalue weighted by atomic mass is 16.5. The molecule has 0 aliphatic carbocycles. The number of hydrogen-bond donors (Lipinski definition) is 1. The predicted octanol–water partition coefficient (Wildman–Crippen LogP) is 5.02. The van der Waals surface area contributed by atoms with Gasteiger partial charge in [-0.2, -0.15) is 5.10 Å². The van der Waals surface area contributed by atoms with Crippen LogP contribution in [-0.2, 0) is 11.3 Å². The van der Waals surface area contributed by atoms with Crippen LogP contribution in [0.5, 0.6) is 17.4 Å². The normalized spacial score (nSPS) is 12.4. The van der Waals surface area contributed by atoms with E-state index in [9.17, 15) is 5.11 Å². The van der Waals surface area contributed by atoms with E-state index >= 15 is 0 Å². The zero-order valence-corrected chi connectivity index (χ0v) is 20.9. The second-order valence-electron chi connectivity index (χ2n) is 8.69. The van der Waals surface area contributed by atoms with Crippen LogP contribution in [0.15, 0.2) is 54.6 Å². The summed E-state index contributed by atoms with van der Waals surface area (Å²) in [6.45, 7) is 8.69. The van der Waals surface area contributed by atoms with Crippen molar-refractivity contribution in [3.8, 4) is 23.1 Å². The molecule has 0 radical (unpaired) electrons. The highest BCUT2D eigenvalue weighted by molar-refractivity contribution is 5.46. The Kier molecular flexibility index (Phi) is 9.51. The number of benzene rings is 2. The summed E-state index contributed by atoms with van der Waals surface area (Å²) in [6, 6.07) is 17.5. The standard InChI is InChI=1S/C27H37N3O4/c1-6-16-29(17-22(31)19-32-4)18-25-26(20(2)3)28-30(21-12-14-23(33-5)15-13-21)27(25)34-24-10-8-7-9-11-24/h7-15,20,22,31H,6,16-19H2,1-5H3/t22-/m0/s1. The Labute approximate surface area is 202 Å². The smallest absolute Gasteiger partial charge is 0.227 e. The molecule has 184 valence electrons. The maximum atomic E-state index is 10.4. The topological polar surface area (TPSA) is 69.0 Å². The third-order valence-electron chi connectivity index (χ3n) is 5.54. The van der Waals surface area contributed by atoms with Crippen LogP contribution in [0.4, 0.5) is 0 Å². The molecule has 0 saturated carbocycles. The van der Waals surface area contributed by atoms with Gasteiger partial charge >= 0.3 is 0 Å². The van der Waals surface area contributed by atoms with Crippen LogP contribution in [0.3, 0.4) is 0 Å². The summed E-state index contributed by atoms with van der Waals surface area (Å²) in [5, 5.41) is 15.4. The first-order valence-corrected chi connectivity index (χ1v) is 11.8. The Morgan fingerprint density at radius 3 is 2.29 bits per heavy atom. The lowest BCUT2D eigenvalue weighted by atomic mass is 10.1. The molecule has 0 unspecified atom stereocenters. The van der Waals surface area contributed by atoms with Crippen LogP contribution in [0, 0.1) is 0 Å². The molecule has 7 nitrogen and oxygen atoms in total. The number of rotatable bonds is 13. The van der Waals surface area contributed by atoms with Gasteiger partial charge in [0.25, 0.3) is 0 Å². The van der Waals surface area contributed by atoms with Gasteiger partial charge < -0.3 is 19.3 Å². The maximum Gasteiger partial charge on any atom is 0.227 e. The Morgan fingerprint density at radius 1 is 1.00 bits per heavy atom. The van der Waals surface area contributed by atoms with Crippen molar-refractivity contribution in [3.63, 3.8) is 0 Å². The molecule has 0 amide bonds. The van der Waals surface area contributed by atoms with E-state index in [0.717, 1.165) is 41.4 Å². The summed E-state index contributed by atoms with van der Waals surface area (Å²) in [7, 11) is 3.26. The molecule has 0 bridgehead atoms. The average molecular weight is 468 g/mol. The minimum Gasteiger partial charge on any atom is -0.497 e. The fraction of sp³-hybridized carbons (Fsp3) is 0.444. The summed E-state index contributed by atoms with van der Waals surface area (Å²) in [5.74, 6) is 2.41. The van der Waals surface area contributed by atoms with Crippen molar-refractivity contribution in [3.05, 3.63) is 65.9 Å². The first-order chi connectivity index (χ1) is 16.5. The SMILES string of the molecule is CCCN(Cc1c(C(C)C)nn(-c2ccc(OC)cc2)c1Oc1ccccc1)C[C@H](O)COC. The van der Waals surface area contributed by atoms with E-state index in [0.29, 0.717) is 25.6 Å². The van der Waals surface area contributed by atoms with Gasteiger partial charge in [0.15, 0.2) is 0 Å². The quantitative estimate of drug-likeness (QED) is 0.381. The van der Waals surface area contributed by atoms with Gasteiger partial charge in [-0.25, -0.2) is 4.68 Å². The van der Waals surface area contributed by atoms with Crippen LogP contribution in [0.2, 0.25) is 0 Å². The number of aromatic nitrogens is 2.